The summed E-state index contributed by atoms with van der Waals surface area (Å²) in [6.07, 6.45) is 5.03. The molecule has 4 rings (SSSR count). The molecule has 0 atom stereocenters. The predicted octanol–water partition coefficient (Wildman–Crippen LogP) is 6.46. The van der Waals surface area contributed by atoms with E-state index in [1.165, 1.54) is 30.9 Å². The zero-order chi connectivity index (χ0) is 47.5. The lowest BCUT2D eigenvalue weighted by atomic mass is 10.1. The van der Waals surface area contributed by atoms with Gasteiger partial charge >= 0.3 is 17.9 Å². The number of carbonyl (C=O) groups excluding carboxylic acids is 2. The molecule has 62 heavy (non-hydrogen) atoms. The van der Waals surface area contributed by atoms with E-state index in [0.717, 1.165) is 23.9 Å². The Morgan fingerprint density at radius 3 is 1.31 bits per heavy atom. The van der Waals surface area contributed by atoms with E-state index in [-0.39, 0.29) is 65.6 Å². The molecule has 338 valence electrons. The van der Waals surface area contributed by atoms with Crippen molar-refractivity contribution >= 4 is 39.8 Å². The standard InChI is InChI=1S/C12H15FN2O3.C11H15FN2O4S.C9H10FNO2.C9H11NO2/c1-7(2)11-9(13)5-8(6-15-11)12(18)14-4-3-10(16)17;1-7(2)10-9(12)5-8(6-14-10)11(15)13-3-4-19(16,17)18;1-5(2)8-7(10)3-6(4-11-8)9(12)13;1-6(2)8-5-7(9(11)12)3-4-10-8/h5-7H,3-4H2,1-2H3,(H,14,18)(H,16,17);5-7H,3-4H2,1-2H3,(H,13,15)(H,16,17,18);3-5H,1-2H3,(H,12,13);3-6H,1-2H3,(H,11,12). The van der Waals surface area contributed by atoms with E-state index in [0.29, 0.717) is 17.0 Å². The van der Waals surface area contributed by atoms with Crippen LogP contribution in [-0.2, 0) is 14.9 Å². The summed E-state index contributed by atoms with van der Waals surface area (Å²) in [4.78, 5) is 69.9. The Balaban J connectivity index is 0.000000420. The van der Waals surface area contributed by atoms with Crippen molar-refractivity contribution in [1.82, 2.24) is 30.6 Å². The van der Waals surface area contributed by atoms with Crippen LogP contribution in [0.4, 0.5) is 13.2 Å². The maximum absolute atomic E-state index is 13.6. The zero-order valence-electron chi connectivity index (χ0n) is 35.3. The number of aromatic nitrogens is 4. The third-order valence-electron chi connectivity index (χ3n) is 7.91. The maximum atomic E-state index is 13.6. The fourth-order valence-corrected chi connectivity index (χ4v) is 5.02. The maximum Gasteiger partial charge on any atom is 0.337 e. The highest BCUT2D eigenvalue weighted by molar-refractivity contribution is 7.85. The van der Waals surface area contributed by atoms with Gasteiger partial charge in [0.05, 0.1) is 51.5 Å². The molecule has 0 bridgehead atoms. The molecule has 0 saturated carbocycles. The minimum atomic E-state index is -4.13. The van der Waals surface area contributed by atoms with Crippen LogP contribution in [0.3, 0.4) is 0 Å². The first-order valence-electron chi connectivity index (χ1n) is 18.9. The van der Waals surface area contributed by atoms with Crippen LogP contribution in [0.5, 0.6) is 0 Å². The number of carboxylic acids is 3. The van der Waals surface area contributed by atoms with Gasteiger partial charge in [-0.1, -0.05) is 55.4 Å². The van der Waals surface area contributed by atoms with Crippen LogP contribution in [0.15, 0.2) is 55.1 Å². The van der Waals surface area contributed by atoms with Crippen LogP contribution in [0.2, 0.25) is 0 Å². The third kappa shape index (κ3) is 19.4. The Kier molecular flexibility index (Phi) is 22.0. The number of aromatic carboxylic acids is 2. The van der Waals surface area contributed by atoms with Gasteiger partial charge in [-0.25, -0.2) is 22.8 Å². The summed E-state index contributed by atoms with van der Waals surface area (Å²) < 4.78 is 69.7. The van der Waals surface area contributed by atoms with E-state index in [2.05, 4.69) is 30.6 Å². The summed E-state index contributed by atoms with van der Waals surface area (Å²) in [6.45, 7) is 14.5. The molecule has 21 heteroatoms. The Hall–Kier alpha value is -6.35. The van der Waals surface area contributed by atoms with E-state index in [9.17, 15) is 45.6 Å². The second kappa shape index (κ2) is 25.4. The zero-order valence-corrected chi connectivity index (χ0v) is 36.1. The second-order valence-corrected chi connectivity index (χ2v) is 16.0. The van der Waals surface area contributed by atoms with E-state index >= 15 is 0 Å². The summed E-state index contributed by atoms with van der Waals surface area (Å²) in [7, 11) is -4.13. The SMILES string of the molecule is CC(C)c1cc(C(=O)O)ccn1.CC(C)c1ncc(C(=O)NCCC(=O)O)cc1F.CC(C)c1ncc(C(=O)NCCS(=O)(=O)O)cc1F.CC(C)c1ncc(C(=O)O)cc1F. The van der Waals surface area contributed by atoms with Crippen molar-refractivity contribution in [2.24, 2.45) is 0 Å². The molecule has 0 radical (unpaired) electrons. The van der Waals surface area contributed by atoms with Crippen LogP contribution in [0, 0.1) is 17.5 Å². The van der Waals surface area contributed by atoms with Gasteiger partial charge in [-0.05, 0) is 54.0 Å². The highest BCUT2D eigenvalue weighted by Gasteiger charge is 2.16. The molecule has 4 aromatic rings. The number of amides is 2. The molecule has 0 spiro atoms. The van der Waals surface area contributed by atoms with Gasteiger partial charge < -0.3 is 26.0 Å². The van der Waals surface area contributed by atoms with Gasteiger partial charge in [0, 0.05) is 43.6 Å². The number of pyridine rings is 4. The minimum Gasteiger partial charge on any atom is -0.481 e. The predicted molar refractivity (Wildman–Crippen MR) is 220 cm³/mol. The highest BCUT2D eigenvalue weighted by atomic mass is 32.2. The van der Waals surface area contributed by atoms with Crippen molar-refractivity contribution in [3.05, 3.63) is 118 Å². The number of nitrogens with zero attached hydrogens (tertiary/aromatic N) is 4. The van der Waals surface area contributed by atoms with E-state index in [1.54, 1.807) is 47.6 Å². The van der Waals surface area contributed by atoms with Gasteiger partial charge in [0.2, 0.25) is 0 Å². The molecule has 2 amide bonds. The van der Waals surface area contributed by atoms with Crippen molar-refractivity contribution in [3.8, 4) is 0 Å². The normalized spacial score (nSPS) is 10.8. The van der Waals surface area contributed by atoms with Crippen LogP contribution < -0.4 is 10.6 Å². The molecule has 0 aromatic carbocycles. The van der Waals surface area contributed by atoms with Crippen molar-refractivity contribution in [1.29, 1.82) is 0 Å². The van der Waals surface area contributed by atoms with Crippen LogP contribution in [0.1, 0.15) is 150 Å². The van der Waals surface area contributed by atoms with E-state index in [4.69, 9.17) is 19.9 Å². The number of hydrogen-bond donors (Lipinski definition) is 6. The minimum absolute atomic E-state index is 0.00170. The monoisotopic (exact) mass is 892 g/mol. The fraction of sp³-hybridized carbons (Fsp3) is 0.390. The number of rotatable bonds is 14. The first kappa shape index (κ1) is 53.7. The average molecular weight is 893 g/mol. The smallest absolute Gasteiger partial charge is 0.337 e. The first-order valence-corrected chi connectivity index (χ1v) is 20.5. The number of carboxylic acid groups (broad SMARTS) is 3. The molecule has 0 saturated heterocycles. The molecule has 4 heterocycles. The first-order chi connectivity index (χ1) is 28.7. The topological polar surface area (TPSA) is 276 Å². The lowest BCUT2D eigenvalue weighted by Crippen LogP contribution is -2.29. The summed E-state index contributed by atoms with van der Waals surface area (Å²) in [5.74, 6) is -6.46. The molecule has 0 fully saturated rings. The number of carbonyl (C=O) groups is 5. The summed E-state index contributed by atoms with van der Waals surface area (Å²) in [6, 6.07) is 6.25. The number of halogens is 3. The van der Waals surface area contributed by atoms with E-state index in [1.807, 2.05) is 13.8 Å². The lowest BCUT2D eigenvalue weighted by Gasteiger charge is -2.08. The number of nitrogens with one attached hydrogen (secondary N) is 2. The van der Waals surface area contributed by atoms with Gasteiger partial charge in [-0.3, -0.25) is 38.9 Å². The average Bonchev–Trinajstić information content (AvgIpc) is 3.17. The Labute approximate surface area is 357 Å². The quantitative estimate of drug-likeness (QED) is 0.0742. The molecule has 4 aromatic heterocycles. The van der Waals surface area contributed by atoms with Gasteiger partial charge in [0.1, 0.15) is 17.5 Å². The highest BCUT2D eigenvalue weighted by Crippen LogP contribution is 2.18. The Bertz CT molecular complexity index is 2290. The van der Waals surface area contributed by atoms with Gasteiger partial charge in [-0.2, -0.15) is 8.42 Å². The van der Waals surface area contributed by atoms with Crippen molar-refractivity contribution in [2.75, 3.05) is 18.8 Å². The van der Waals surface area contributed by atoms with E-state index < -0.39 is 63.0 Å². The van der Waals surface area contributed by atoms with Crippen LogP contribution in [0.25, 0.3) is 0 Å². The van der Waals surface area contributed by atoms with Crippen LogP contribution in [-0.4, -0.2) is 96.8 Å². The van der Waals surface area contributed by atoms with Crippen molar-refractivity contribution < 1.29 is 65.4 Å². The number of hydrogen-bond acceptors (Lipinski definition) is 11. The lowest BCUT2D eigenvalue weighted by molar-refractivity contribution is -0.136. The molecule has 0 aliphatic rings. The molecule has 6 N–H and O–H groups in total. The summed E-state index contributed by atoms with van der Waals surface area (Å²) in [5, 5.41) is 30.2. The van der Waals surface area contributed by atoms with Crippen molar-refractivity contribution in [3.63, 3.8) is 0 Å². The molecule has 0 aliphatic carbocycles. The van der Waals surface area contributed by atoms with Gasteiger partial charge in [-0.15, -0.1) is 0 Å². The molecule has 0 unspecified atom stereocenters. The van der Waals surface area contributed by atoms with Crippen molar-refractivity contribution in [2.45, 2.75) is 85.5 Å². The largest absolute Gasteiger partial charge is 0.481 e. The van der Waals surface area contributed by atoms with Gasteiger partial charge in [0.15, 0.2) is 0 Å². The van der Waals surface area contributed by atoms with Gasteiger partial charge in [0.25, 0.3) is 21.9 Å². The van der Waals surface area contributed by atoms with Crippen LogP contribution >= 0.6 is 0 Å². The Morgan fingerprint density at radius 2 is 0.968 bits per heavy atom. The number of aliphatic carboxylic acids is 1. The molecular formula is C41H51F3N6O11S. The second-order valence-electron chi connectivity index (χ2n) is 14.4. The summed E-state index contributed by atoms with van der Waals surface area (Å²) >= 11 is 0. The summed E-state index contributed by atoms with van der Waals surface area (Å²) in [5.41, 5.74) is 1.93. The third-order valence-corrected chi connectivity index (χ3v) is 8.63. The molecule has 0 aliphatic heterocycles. The molecular weight excluding hydrogens is 842 g/mol. The Morgan fingerprint density at radius 1 is 0.581 bits per heavy atom. The fourth-order valence-electron chi connectivity index (χ4n) is 4.66. The molecule has 17 nitrogen and oxygen atoms in total.